The number of carbonyl (C=O) groups is 1. The number of methoxy groups -OCH3 is 1. The molecule has 0 aliphatic rings. The molecule has 0 atom stereocenters. The van der Waals surface area contributed by atoms with Gasteiger partial charge in [-0.3, -0.25) is 4.79 Å². The predicted octanol–water partition coefficient (Wildman–Crippen LogP) is 1.91. The Morgan fingerprint density at radius 1 is 1.56 bits per heavy atom. The highest BCUT2D eigenvalue weighted by atomic mass is 16.5. The molecule has 3 heteroatoms. The minimum Gasteiger partial charge on any atom is -0.496 e. The topological polar surface area (TPSA) is 29.5 Å². The summed E-state index contributed by atoms with van der Waals surface area (Å²) in [6.45, 7) is 2.86. The number of carbonyl (C=O) groups excluding carboxylic acids is 1. The summed E-state index contributed by atoms with van der Waals surface area (Å²) in [5.74, 6) is 0.804. The van der Waals surface area contributed by atoms with Crippen molar-refractivity contribution >= 4 is 5.91 Å². The predicted molar refractivity (Wildman–Crippen MR) is 63.5 cm³/mol. The molecule has 1 aromatic rings. The number of ether oxygens (including phenoxy) is 1. The Hall–Kier alpha value is -1.51. The molecule has 0 bridgehead atoms. The minimum absolute atomic E-state index is 0.134. The zero-order chi connectivity index (χ0) is 12.0. The van der Waals surface area contributed by atoms with Crippen LogP contribution >= 0.6 is 0 Å². The molecular weight excluding hydrogens is 202 g/mol. The molecule has 0 fully saturated rings. The van der Waals surface area contributed by atoms with Crippen molar-refractivity contribution in [1.82, 2.24) is 4.90 Å². The number of hydrogen-bond donors (Lipinski definition) is 0. The fourth-order valence-electron chi connectivity index (χ4n) is 1.49. The molecule has 16 heavy (non-hydrogen) atoms. The molecule has 1 radical (unpaired) electrons. The zero-order valence-corrected chi connectivity index (χ0v) is 10.1. The van der Waals surface area contributed by atoms with Crippen LogP contribution in [0.3, 0.4) is 0 Å². The number of likely N-dealkylation sites (N-methyl/N-ethyl adjacent to an activating group) is 1. The van der Waals surface area contributed by atoms with Crippen LogP contribution in [0.5, 0.6) is 5.75 Å². The first-order valence-corrected chi connectivity index (χ1v) is 5.46. The van der Waals surface area contributed by atoms with E-state index in [0.717, 1.165) is 18.5 Å². The summed E-state index contributed by atoms with van der Waals surface area (Å²) >= 11 is 0. The first-order valence-electron chi connectivity index (χ1n) is 5.46. The van der Waals surface area contributed by atoms with E-state index < -0.39 is 0 Å². The average Bonchev–Trinajstić information content (AvgIpc) is 2.29. The van der Waals surface area contributed by atoms with Gasteiger partial charge in [0, 0.05) is 19.7 Å². The fourth-order valence-corrected chi connectivity index (χ4v) is 1.49. The summed E-state index contributed by atoms with van der Waals surface area (Å²) in [6.07, 6.45) is 1.40. The fraction of sp³-hybridized carbons (Fsp3) is 0.462. The molecule has 0 aliphatic carbocycles. The van der Waals surface area contributed by atoms with Crippen LogP contribution in [0.4, 0.5) is 0 Å². The van der Waals surface area contributed by atoms with E-state index in [1.165, 1.54) is 0 Å². The molecule has 1 aromatic carbocycles. The normalized spacial score (nSPS) is 9.94. The van der Waals surface area contributed by atoms with Gasteiger partial charge in [0.05, 0.1) is 13.5 Å². The van der Waals surface area contributed by atoms with E-state index in [-0.39, 0.29) is 5.91 Å². The molecule has 1 rings (SSSR count). The Balaban J connectivity index is 2.61. The third-order valence-corrected chi connectivity index (χ3v) is 2.40. The molecule has 0 saturated carbocycles. The molecule has 0 heterocycles. The van der Waals surface area contributed by atoms with Gasteiger partial charge < -0.3 is 9.64 Å². The van der Waals surface area contributed by atoms with Crippen molar-refractivity contribution in [3.05, 3.63) is 29.8 Å². The number of benzene rings is 1. The Morgan fingerprint density at radius 2 is 2.31 bits per heavy atom. The highest BCUT2D eigenvalue weighted by Gasteiger charge is 2.08. The van der Waals surface area contributed by atoms with Crippen molar-refractivity contribution in [2.45, 2.75) is 19.8 Å². The van der Waals surface area contributed by atoms with Crippen LogP contribution in [-0.4, -0.2) is 31.5 Å². The van der Waals surface area contributed by atoms with Gasteiger partial charge in [-0.05, 0) is 18.1 Å². The highest BCUT2D eigenvalue weighted by molar-refractivity contribution is 5.78. The lowest BCUT2D eigenvalue weighted by Gasteiger charge is -2.16. The summed E-state index contributed by atoms with van der Waals surface area (Å²) in [7, 11) is 3.43. The summed E-state index contributed by atoms with van der Waals surface area (Å²) in [5.41, 5.74) is 0.962. The van der Waals surface area contributed by atoms with Gasteiger partial charge in [0.1, 0.15) is 5.75 Å². The zero-order valence-electron chi connectivity index (χ0n) is 10.1. The van der Waals surface area contributed by atoms with Gasteiger partial charge in [-0.15, -0.1) is 0 Å². The second kappa shape index (κ2) is 6.16. The van der Waals surface area contributed by atoms with Crippen LogP contribution in [0.25, 0.3) is 0 Å². The number of amides is 1. The smallest absolute Gasteiger partial charge is 0.226 e. The van der Waals surface area contributed by atoms with E-state index in [4.69, 9.17) is 4.74 Å². The molecule has 0 N–H and O–H groups in total. The van der Waals surface area contributed by atoms with Crippen LogP contribution in [0.2, 0.25) is 0 Å². The van der Waals surface area contributed by atoms with E-state index in [1.54, 1.807) is 18.1 Å². The number of nitrogens with zero attached hydrogens (tertiary/aromatic N) is 1. The largest absolute Gasteiger partial charge is 0.496 e. The van der Waals surface area contributed by atoms with Crippen molar-refractivity contribution in [1.29, 1.82) is 0 Å². The molecule has 0 spiro atoms. The molecule has 0 unspecified atom stereocenters. The van der Waals surface area contributed by atoms with Crippen LogP contribution < -0.4 is 4.74 Å². The van der Waals surface area contributed by atoms with Crippen molar-refractivity contribution in [2.24, 2.45) is 0 Å². The third kappa shape index (κ3) is 3.57. The molecule has 0 saturated heterocycles. The summed E-state index contributed by atoms with van der Waals surface area (Å²) in [6, 6.07) is 8.45. The highest BCUT2D eigenvalue weighted by Crippen LogP contribution is 2.12. The van der Waals surface area contributed by atoms with Gasteiger partial charge in [0.25, 0.3) is 0 Å². The van der Waals surface area contributed by atoms with E-state index in [9.17, 15) is 4.79 Å². The molecule has 0 aliphatic heterocycles. The third-order valence-electron chi connectivity index (χ3n) is 2.40. The number of hydrogen-bond acceptors (Lipinski definition) is 2. The van der Waals surface area contributed by atoms with Gasteiger partial charge >= 0.3 is 0 Å². The molecule has 1 amide bonds. The van der Waals surface area contributed by atoms with Crippen molar-refractivity contribution in [2.75, 3.05) is 20.7 Å². The second-order valence-corrected chi connectivity index (χ2v) is 3.76. The van der Waals surface area contributed by atoms with Crippen LogP contribution in [0.15, 0.2) is 18.2 Å². The first kappa shape index (κ1) is 12.6. The monoisotopic (exact) mass is 220 g/mol. The number of rotatable bonds is 5. The van der Waals surface area contributed by atoms with Gasteiger partial charge in [-0.1, -0.05) is 19.1 Å². The Kier molecular flexibility index (Phi) is 4.83. The van der Waals surface area contributed by atoms with Crippen LogP contribution in [0.1, 0.15) is 18.9 Å². The van der Waals surface area contributed by atoms with Crippen molar-refractivity contribution in [3.63, 3.8) is 0 Å². The molecular formula is C13H18NO2. The first-order chi connectivity index (χ1) is 7.67. The van der Waals surface area contributed by atoms with E-state index in [0.29, 0.717) is 12.2 Å². The Labute approximate surface area is 97.0 Å². The van der Waals surface area contributed by atoms with E-state index in [1.807, 2.05) is 19.2 Å². The van der Waals surface area contributed by atoms with E-state index >= 15 is 0 Å². The quantitative estimate of drug-likeness (QED) is 0.758. The van der Waals surface area contributed by atoms with E-state index in [2.05, 4.69) is 13.0 Å². The Bertz CT molecular complexity index is 350. The molecule has 0 aromatic heterocycles. The lowest BCUT2D eigenvalue weighted by Crippen LogP contribution is -2.28. The van der Waals surface area contributed by atoms with Crippen molar-refractivity contribution in [3.8, 4) is 5.75 Å². The SMILES string of the molecule is CCCN(C)C(=O)Cc1cc[c]c(OC)c1. The maximum absolute atomic E-state index is 11.8. The lowest BCUT2D eigenvalue weighted by atomic mass is 10.1. The maximum atomic E-state index is 11.8. The van der Waals surface area contributed by atoms with Crippen molar-refractivity contribution < 1.29 is 9.53 Å². The maximum Gasteiger partial charge on any atom is 0.226 e. The summed E-state index contributed by atoms with van der Waals surface area (Å²) in [5, 5.41) is 0. The van der Waals surface area contributed by atoms with Gasteiger partial charge in [0.2, 0.25) is 5.91 Å². The van der Waals surface area contributed by atoms with Gasteiger partial charge in [-0.25, -0.2) is 0 Å². The second-order valence-electron chi connectivity index (χ2n) is 3.76. The van der Waals surface area contributed by atoms with Gasteiger partial charge in [0.15, 0.2) is 0 Å². The summed E-state index contributed by atoms with van der Waals surface area (Å²) < 4.78 is 5.06. The summed E-state index contributed by atoms with van der Waals surface area (Å²) in [4.78, 5) is 13.5. The Morgan fingerprint density at radius 3 is 2.94 bits per heavy atom. The van der Waals surface area contributed by atoms with Gasteiger partial charge in [-0.2, -0.15) is 0 Å². The molecule has 3 nitrogen and oxygen atoms in total. The van der Waals surface area contributed by atoms with Crippen LogP contribution in [-0.2, 0) is 11.2 Å². The average molecular weight is 220 g/mol. The standard InChI is InChI=1S/C13H18NO2/c1-4-8-14(2)13(15)10-11-6-5-7-12(9-11)16-3/h5-6,9H,4,8,10H2,1-3H3. The lowest BCUT2D eigenvalue weighted by molar-refractivity contribution is -0.129. The van der Waals surface area contributed by atoms with Crippen LogP contribution in [0, 0.1) is 6.07 Å². The minimum atomic E-state index is 0.134. The molecule has 87 valence electrons.